The summed E-state index contributed by atoms with van der Waals surface area (Å²) >= 11 is 11.8. The maximum atomic E-state index is 13.1. The molecule has 436 valence electrons. The zero-order valence-electron chi connectivity index (χ0n) is 47.9. The largest absolute Gasteiger partial charge is 0.481 e. The van der Waals surface area contributed by atoms with Crippen LogP contribution in [0.2, 0.25) is 0 Å². The highest BCUT2D eigenvalue weighted by atomic mass is 32.1. The van der Waals surface area contributed by atoms with Crippen molar-refractivity contribution in [3.8, 4) is 23.0 Å². The Bertz CT molecular complexity index is 2390. The Morgan fingerprint density at radius 1 is 0.388 bits per heavy atom. The van der Waals surface area contributed by atoms with E-state index in [2.05, 4.69) is 35.1 Å². The number of hydrogen-bond acceptors (Lipinski definition) is 14. The van der Waals surface area contributed by atoms with Crippen LogP contribution < -0.4 is 40.2 Å². The van der Waals surface area contributed by atoms with Gasteiger partial charge in [0.25, 0.3) is 0 Å². The molecule has 0 saturated heterocycles. The van der Waals surface area contributed by atoms with Crippen LogP contribution in [-0.4, -0.2) is 100 Å². The molecule has 0 spiro atoms. The molecule has 0 radical (unpaired) electrons. The van der Waals surface area contributed by atoms with Crippen LogP contribution in [0.4, 0.5) is 11.4 Å². The zero-order chi connectivity index (χ0) is 57.5. The predicted octanol–water partition coefficient (Wildman–Crippen LogP) is 11.4. The molecule has 18 heteroatoms. The second-order valence-corrected chi connectivity index (χ2v) is 20.3. The minimum Gasteiger partial charge on any atom is -0.481 e. The first-order chi connectivity index (χ1) is 38.9. The van der Waals surface area contributed by atoms with Crippen molar-refractivity contribution in [2.75, 3.05) is 76.6 Å². The number of unbranched alkanes of at least 4 members (excludes halogenated alkanes) is 10. The minimum absolute atomic E-state index is 0.160. The third-order valence-electron chi connectivity index (χ3n) is 13.1. The average Bonchev–Trinajstić information content (AvgIpc) is 3.47. The number of carbonyl (C=O) groups is 4. The molecule has 0 fully saturated rings. The molecule has 1 aliphatic rings. The van der Waals surface area contributed by atoms with Crippen molar-refractivity contribution in [3.05, 3.63) is 105 Å². The van der Waals surface area contributed by atoms with Crippen molar-refractivity contribution in [2.45, 2.75) is 144 Å². The van der Waals surface area contributed by atoms with E-state index in [0.717, 1.165) is 38.5 Å². The second kappa shape index (κ2) is 35.8. The lowest BCUT2D eigenvalue weighted by Crippen LogP contribution is -2.29. The summed E-state index contributed by atoms with van der Waals surface area (Å²) in [7, 11) is 0. The monoisotopic (exact) mass is 1140 g/mol. The van der Waals surface area contributed by atoms with Crippen LogP contribution in [0.1, 0.15) is 163 Å². The Morgan fingerprint density at radius 2 is 0.650 bits per heavy atom. The molecule has 1 aliphatic carbocycles. The number of nitrogens with one attached hydrogen (secondary N) is 4. The zero-order valence-corrected chi connectivity index (χ0v) is 49.5. The van der Waals surface area contributed by atoms with Gasteiger partial charge in [0.2, 0.25) is 0 Å². The summed E-state index contributed by atoms with van der Waals surface area (Å²) in [5, 5.41) is 14.5. The third kappa shape index (κ3) is 21.8. The standard InChI is InChI=1S/C62H84N4O12S2/c1-7-13-15-17-19-21-29-63-61(79)65-51-35-47-31-43-25-23-27-45(57(43)75-39-53(67)71-9-3)33-49-37-52(66-62(80)64-30-22-20-18-16-14-8-2)38-50(60(49)78-42-56(70)74-12-6)34-46-28-24-26-44(58(46)76-40-54(68)72-10-4)32-48(36-51)59(47)77-41-55(69)73-11-5/h23-28,35-38H,7-22,29-34,39-42H2,1-6H3,(H2,63,65,79)(H2,64,66,80). The van der Waals surface area contributed by atoms with Crippen LogP contribution in [0.5, 0.6) is 23.0 Å². The Labute approximate surface area is 484 Å². The summed E-state index contributed by atoms with van der Waals surface area (Å²) in [6.07, 6.45) is 14.3. The molecule has 0 atom stereocenters. The van der Waals surface area contributed by atoms with Crippen LogP contribution in [0, 0.1) is 0 Å². The van der Waals surface area contributed by atoms with E-state index in [9.17, 15) is 19.2 Å². The van der Waals surface area contributed by atoms with Crippen molar-refractivity contribution < 1.29 is 57.1 Å². The summed E-state index contributed by atoms with van der Waals surface area (Å²) < 4.78 is 47.6. The van der Waals surface area contributed by atoms with Gasteiger partial charge in [-0.1, -0.05) is 114 Å². The maximum absolute atomic E-state index is 13.1. The fourth-order valence-electron chi connectivity index (χ4n) is 9.47. The number of thiocarbonyl (C=S) groups is 2. The van der Waals surface area contributed by atoms with E-state index in [0.29, 0.717) is 102 Å². The highest BCUT2D eigenvalue weighted by Gasteiger charge is 2.25. The van der Waals surface area contributed by atoms with Gasteiger partial charge in [-0.05, 0) is 111 Å². The van der Waals surface area contributed by atoms with Gasteiger partial charge >= 0.3 is 23.9 Å². The van der Waals surface area contributed by atoms with Crippen molar-refractivity contribution in [2.24, 2.45) is 0 Å². The minimum atomic E-state index is -0.556. The van der Waals surface area contributed by atoms with Gasteiger partial charge in [-0.25, -0.2) is 19.2 Å². The van der Waals surface area contributed by atoms with Crippen molar-refractivity contribution in [1.82, 2.24) is 10.6 Å². The van der Waals surface area contributed by atoms with Gasteiger partial charge in [0, 0.05) is 72.4 Å². The first-order valence-corrected chi connectivity index (χ1v) is 29.5. The van der Waals surface area contributed by atoms with E-state index >= 15 is 0 Å². The molecule has 0 heterocycles. The molecule has 0 aromatic heterocycles. The van der Waals surface area contributed by atoms with Crippen LogP contribution in [0.25, 0.3) is 0 Å². The van der Waals surface area contributed by atoms with Crippen LogP contribution in [0.3, 0.4) is 0 Å². The number of esters is 4. The smallest absolute Gasteiger partial charge is 0.344 e. The lowest BCUT2D eigenvalue weighted by atomic mass is 9.90. The van der Waals surface area contributed by atoms with E-state index in [1.165, 1.54) is 38.5 Å². The average molecular weight is 1140 g/mol. The van der Waals surface area contributed by atoms with E-state index in [1.807, 2.05) is 60.7 Å². The van der Waals surface area contributed by atoms with E-state index < -0.39 is 50.3 Å². The van der Waals surface area contributed by atoms with Gasteiger partial charge in [0.05, 0.1) is 26.4 Å². The summed E-state index contributed by atoms with van der Waals surface area (Å²) in [6.45, 7) is 11.8. The van der Waals surface area contributed by atoms with Gasteiger partial charge in [0.1, 0.15) is 23.0 Å². The molecule has 4 N–H and O–H groups in total. The first-order valence-electron chi connectivity index (χ1n) is 28.7. The number of hydrogen-bond donors (Lipinski definition) is 4. The molecule has 0 saturated carbocycles. The number of fused-ring (bicyclic) bond motifs is 8. The number of carbonyl (C=O) groups excluding carboxylic acids is 4. The fourth-order valence-corrected chi connectivity index (χ4v) is 9.91. The highest BCUT2D eigenvalue weighted by molar-refractivity contribution is 7.80. The van der Waals surface area contributed by atoms with Crippen molar-refractivity contribution >= 4 is 69.9 Å². The predicted molar refractivity (Wildman–Crippen MR) is 321 cm³/mol. The van der Waals surface area contributed by atoms with Crippen LogP contribution >= 0.6 is 24.4 Å². The normalized spacial score (nSPS) is 11.6. The number of rotatable bonds is 32. The third-order valence-corrected chi connectivity index (χ3v) is 13.6. The Kier molecular flexibility index (Phi) is 28.8. The van der Waals surface area contributed by atoms with Crippen LogP contribution in [0.15, 0.2) is 60.7 Å². The number of anilines is 2. The van der Waals surface area contributed by atoms with Gasteiger partial charge in [-0.15, -0.1) is 0 Å². The molecule has 16 nitrogen and oxygen atoms in total. The van der Waals surface area contributed by atoms with E-state index in [-0.39, 0.29) is 52.1 Å². The Morgan fingerprint density at radius 3 is 0.925 bits per heavy atom. The van der Waals surface area contributed by atoms with Crippen molar-refractivity contribution in [1.29, 1.82) is 0 Å². The molecular weight excluding hydrogens is 1060 g/mol. The number of benzene rings is 4. The molecule has 5 rings (SSSR count). The van der Waals surface area contributed by atoms with E-state index in [4.69, 9.17) is 62.3 Å². The molecular formula is C62H84N4O12S2. The molecule has 0 unspecified atom stereocenters. The molecule has 0 amide bonds. The maximum Gasteiger partial charge on any atom is 0.344 e. The fraction of sp³-hybridized carbons (Fsp3) is 0.516. The Hall–Kier alpha value is -6.66. The van der Waals surface area contributed by atoms with Gasteiger partial charge < -0.3 is 59.2 Å². The molecule has 4 aromatic carbocycles. The quantitative estimate of drug-likeness (QED) is 0.0138. The number of para-hydroxylation sites is 2. The summed E-state index contributed by atoms with van der Waals surface area (Å²) in [4.78, 5) is 52.5. The number of ether oxygens (including phenoxy) is 8. The SMILES string of the molecule is CCCCCCCCNC(=S)Nc1cc2c(OCC(=O)OCC)c(c1)Cc1cccc(c1OCC(=O)OCC)Cc1cc(NC(=S)NCCCCCCCC)cc(c1OCC(=O)OCC)Cc1cccc(c1OCC(=O)OCC)C2. The Balaban J connectivity index is 1.76. The highest BCUT2D eigenvalue weighted by Crippen LogP contribution is 2.41. The first kappa shape index (κ1) is 64.2. The summed E-state index contributed by atoms with van der Waals surface area (Å²) in [5.74, 6) is -0.594. The molecule has 4 aromatic rings. The topological polar surface area (TPSA) is 190 Å². The lowest BCUT2D eigenvalue weighted by Gasteiger charge is -2.24. The summed E-state index contributed by atoms with van der Waals surface area (Å²) in [5.41, 5.74) is 6.60. The van der Waals surface area contributed by atoms with Gasteiger partial charge in [-0.3, -0.25) is 0 Å². The second-order valence-electron chi connectivity index (χ2n) is 19.4. The molecule has 8 bridgehead atoms. The van der Waals surface area contributed by atoms with E-state index in [1.54, 1.807) is 27.7 Å². The van der Waals surface area contributed by atoms with Crippen LogP contribution in [-0.2, 0) is 63.8 Å². The van der Waals surface area contributed by atoms with Crippen molar-refractivity contribution in [3.63, 3.8) is 0 Å². The van der Waals surface area contributed by atoms with Gasteiger partial charge in [-0.2, -0.15) is 0 Å². The molecule has 80 heavy (non-hydrogen) atoms. The van der Waals surface area contributed by atoms with Gasteiger partial charge in [0.15, 0.2) is 36.7 Å². The lowest BCUT2D eigenvalue weighted by molar-refractivity contribution is -0.146. The molecule has 0 aliphatic heterocycles. The summed E-state index contributed by atoms with van der Waals surface area (Å²) in [6, 6.07) is 19.2.